The number of rotatable bonds is 3. The molecule has 5 nitrogen and oxygen atoms in total. The Morgan fingerprint density at radius 2 is 1.79 bits per heavy atom. The van der Waals surface area contributed by atoms with Gasteiger partial charge in [-0.1, -0.05) is 18.2 Å². The molecule has 0 atom stereocenters. The minimum Gasteiger partial charge on any atom is -0.407 e. The van der Waals surface area contributed by atoms with Gasteiger partial charge in [-0.15, -0.1) is 0 Å². The van der Waals surface area contributed by atoms with Gasteiger partial charge < -0.3 is 4.74 Å². The minimum absolute atomic E-state index is 0.177. The van der Waals surface area contributed by atoms with Crippen LogP contribution in [0.1, 0.15) is 0 Å². The summed E-state index contributed by atoms with van der Waals surface area (Å²) in [5.74, 6) is -3.25. The number of benzene rings is 2. The van der Waals surface area contributed by atoms with Gasteiger partial charge in [0.15, 0.2) is 17.4 Å². The van der Waals surface area contributed by atoms with E-state index in [-0.39, 0.29) is 22.6 Å². The maximum Gasteiger partial charge on any atom is 0.417 e. The molecule has 24 heavy (non-hydrogen) atoms. The largest absolute Gasteiger partial charge is 0.417 e. The second-order valence-corrected chi connectivity index (χ2v) is 4.74. The van der Waals surface area contributed by atoms with Gasteiger partial charge in [0.25, 0.3) is 0 Å². The fourth-order valence-corrected chi connectivity index (χ4v) is 2.09. The fraction of sp³-hybridized carbons (Fsp3) is 0. The molecule has 0 aliphatic rings. The summed E-state index contributed by atoms with van der Waals surface area (Å²) in [6.45, 7) is 0. The lowest BCUT2D eigenvalue weighted by atomic mass is 10.0. The van der Waals surface area contributed by atoms with Crippen LogP contribution in [-0.4, -0.2) is 16.3 Å². The van der Waals surface area contributed by atoms with Crippen molar-refractivity contribution < 1.29 is 22.7 Å². The number of para-hydroxylation sites is 1. The highest BCUT2D eigenvalue weighted by Gasteiger charge is 2.16. The number of hydrogen-bond donors (Lipinski definition) is 2. The van der Waals surface area contributed by atoms with Crippen molar-refractivity contribution in [3.8, 4) is 16.9 Å². The van der Waals surface area contributed by atoms with Crippen LogP contribution in [0.5, 0.6) is 5.75 Å². The van der Waals surface area contributed by atoms with Crippen molar-refractivity contribution in [3.05, 3.63) is 66.2 Å². The van der Waals surface area contributed by atoms with E-state index in [1.54, 1.807) is 12.1 Å². The van der Waals surface area contributed by atoms with Crippen molar-refractivity contribution in [2.75, 3.05) is 5.32 Å². The van der Waals surface area contributed by atoms with Gasteiger partial charge in [-0.2, -0.15) is 5.10 Å². The first-order valence-electron chi connectivity index (χ1n) is 6.76. The first kappa shape index (κ1) is 15.6. The van der Waals surface area contributed by atoms with Crippen LogP contribution >= 0.6 is 0 Å². The highest BCUT2D eigenvalue weighted by Crippen LogP contribution is 2.31. The summed E-state index contributed by atoms with van der Waals surface area (Å²) < 4.78 is 45.4. The Bertz CT molecular complexity index is 882. The molecule has 0 aliphatic heterocycles. The van der Waals surface area contributed by atoms with Crippen LogP contribution in [0.2, 0.25) is 0 Å². The van der Waals surface area contributed by atoms with Crippen LogP contribution in [0.25, 0.3) is 11.1 Å². The van der Waals surface area contributed by atoms with Crippen LogP contribution in [0.4, 0.5) is 23.7 Å². The average Bonchev–Trinajstić information content (AvgIpc) is 3.04. The summed E-state index contributed by atoms with van der Waals surface area (Å²) in [6, 6.07) is 7.28. The standard InChI is InChI=1S/C16H10F3N3O2/c17-12-6-14(19)13(18)5-11(12)10-3-1-2-4-15(10)22-16(23)24-9-7-20-21-8-9/h1-8H,(H,20,21)(H,22,23). The lowest BCUT2D eigenvalue weighted by Gasteiger charge is -2.12. The molecule has 0 aliphatic carbocycles. The van der Waals surface area contributed by atoms with Gasteiger partial charge >= 0.3 is 6.09 Å². The summed E-state index contributed by atoms with van der Waals surface area (Å²) in [4.78, 5) is 11.9. The number of aromatic nitrogens is 2. The van der Waals surface area contributed by atoms with E-state index in [1.807, 2.05) is 0 Å². The number of carbonyl (C=O) groups excluding carboxylic acids is 1. The zero-order chi connectivity index (χ0) is 17.1. The Morgan fingerprint density at radius 3 is 2.54 bits per heavy atom. The van der Waals surface area contributed by atoms with Crippen molar-refractivity contribution >= 4 is 11.8 Å². The summed E-state index contributed by atoms with van der Waals surface area (Å²) >= 11 is 0. The number of nitrogens with one attached hydrogen (secondary N) is 2. The van der Waals surface area contributed by atoms with Crippen LogP contribution in [-0.2, 0) is 0 Å². The normalized spacial score (nSPS) is 10.5. The third kappa shape index (κ3) is 3.22. The number of amides is 1. The predicted octanol–water partition coefficient (Wildman–Crippen LogP) is 4.10. The number of nitrogens with zero attached hydrogens (tertiary/aromatic N) is 1. The summed E-state index contributed by atoms with van der Waals surface area (Å²) in [7, 11) is 0. The number of aromatic amines is 1. The van der Waals surface area contributed by atoms with Gasteiger partial charge in [0.1, 0.15) is 5.82 Å². The Kier molecular flexibility index (Phi) is 4.19. The van der Waals surface area contributed by atoms with Gasteiger partial charge in [-0.25, -0.2) is 18.0 Å². The van der Waals surface area contributed by atoms with E-state index in [0.717, 1.165) is 6.07 Å². The Hall–Kier alpha value is -3.29. The molecule has 0 fully saturated rings. The molecule has 0 spiro atoms. The number of carbonyl (C=O) groups is 1. The summed E-state index contributed by atoms with van der Waals surface area (Å²) in [5, 5.41) is 8.52. The van der Waals surface area contributed by atoms with Crippen molar-refractivity contribution in [2.45, 2.75) is 0 Å². The topological polar surface area (TPSA) is 67.0 Å². The lowest BCUT2D eigenvalue weighted by Crippen LogP contribution is -2.17. The second kappa shape index (κ2) is 6.45. The third-order valence-electron chi connectivity index (χ3n) is 3.15. The Labute approximate surface area is 134 Å². The maximum absolute atomic E-state index is 14.0. The van der Waals surface area contributed by atoms with E-state index in [4.69, 9.17) is 4.74 Å². The molecule has 3 aromatic rings. The number of anilines is 1. The lowest BCUT2D eigenvalue weighted by molar-refractivity contribution is 0.215. The van der Waals surface area contributed by atoms with E-state index < -0.39 is 23.5 Å². The number of hydrogen-bond acceptors (Lipinski definition) is 3. The number of ether oxygens (including phenoxy) is 1. The first-order valence-corrected chi connectivity index (χ1v) is 6.76. The zero-order valence-electron chi connectivity index (χ0n) is 12.0. The van der Waals surface area contributed by atoms with Crippen LogP contribution < -0.4 is 10.1 Å². The first-order chi connectivity index (χ1) is 11.5. The van der Waals surface area contributed by atoms with E-state index >= 15 is 0 Å². The third-order valence-corrected chi connectivity index (χ3v) is 3.15. The highest BCUT2D eigenvalue weighted by molar-refractivity contribution is 5.92. The fourth-order valence-electron chi connectivity index (χ4n) is 2.09. The molecule has 1 aromatic heterocycles. The van der Waals surface area contributed by atoms with Gasteiger partial charge in [-0.05, 0) is 12.1 Å². The molecule has 0 radical (unpaired) electrons. The number of H-pyrrole nitrogens is 1. The molecule has 0 saturated heterocycles. The smallest absolute Gasteiger partial charge is 0.407 e. The van der Waals surface area contributed by atoms with E-state index in [2.05, 4.69) is 15.5 Å². The Balaban J connectivity index is 1.91. The molecule has 0 unspecified atom stereocenters. The summed E-state index contributed by atoms with van der Waals surface area (Å²) in [5.41, 5.74) is 0.169. The zero-order valence-corrected chi connectivity index (χ0v) is 12.0. The predicted molar refractivity (Wildman–Crippen MR) is 80.0 cm³/mol. The van der Waals surface area contributed by atoms with Crippen LogP contribution in [0.3, 0.4) is 0 Å². The quantitative estimate of drug-likeness (QED) is 0.709. The molecule has 0 bridgehead atoms. The van der Waals surface area contributed by atoms with E-state index in [0.29, 0.717) is 6.07 Å². The van der Waals surface area contributed by atoms with Crippen molar-refractivity contribution in [1.29, 1.82) is 0 Å². The molecule has 2 N–H and O–H groups in total. The molecule has 122 valence electrons. The number of halogens is 3. The maximum atomic E-state index is 14.0. The van der Waals surface area contributed by atoms with Crippen LogP contribution in [0, 0.1) is 17.5 Å². The SMILES string of the molecule is O=C(Nc1ccccc1-c1cc(F)c(F)cc1F)Oc1cn[nH]c1. The van der Waals surface area contributed by atoms with Gasteiger partial charge in [-0.3, -0.25) is 10.4 Å². The van der Waals surface area contributed by atoms with Crippen molar-refractivity contribution in [2.24, 2.45) is 0 Å². The van der Waals surface area contributed by atoms with Crippen molar-refractivity contribution in [3.63, 3.8) is 0 Å². The van der Waals surface area contributed by atoms with E-state index in [9.17, 15) is 18.0 Å². The summed E-state index contributed by atoms with van der Waals surface area (Å²) in [6.07, 6.45) is 1.81. The van der Waals surface area contributed by atoms with Gasteiger partial charge in [0.2, 0.25) is 0 Å². The molecule has 8 heteroatoms. The molecular formula is C16H10F3N3O2. The Morgan fingerprint density at radius 1 is 1.04 bits per heavy atom. The highest BCUT2D eigenvalue weighted by atomic mass is 19.2. The van der Waals surface area contributed by atoms with Crippen molar-refractivity contribution in [1.82, 2.24) is 10.2 Å². The van der Waals surface area contributed by atoms with E-state index in [1.165, 1.54) is 24.5 Å². The van der Waals surface area contributed by atoms with Crippen LogP contribution in [0.15, 0.2) is 48.8 Å². The molecule has 1 amide bonds. The minimum atomic E-state index is -1.29. The molecular weight excluding hydrogens is 323 g/mol. The monoisotopic (exact) mass is 333 g/mol. The molecule has 2 aromatic carbocycles. The second-order valence-electron chi connectivity index (χ2n) is 4.74. The molecule has 1 heterocycles. The van der Waals surface area contributed by atoms with Gasteiger partial charge in [0.05, 0.1) is 18.1 Å². The molecule has 3 rings (SSSR count). The average molecular weight is 333 g/mol. The van der Waals surface area contributed by atoms with Gasteiger partial charge in [0, 0.05) is 17.2 Å². The molecule has 0 saturated carbocycles.